The zero-order chi connectivity index (χ0) is 18.8. The molecule has 1 heterocycles. The Morgan fingerprint density at radius 3 is 2.69 bits per heavy atom. The van der Waals surface area contributed by atoms with Gasteiger partial charge in [0.05, 0.1) is 12.1 Å². The lowest BCUT2D eigenvalue weighted by Crippen LogP contribution is -2.39. The van der Waals surface area contributed by atoms with Gasteiger partial charge in [-0.1, -0.05) is 6.07 Å². The highest BCUT2D eigenvalue weighted by molar-refractivity contribution is 5.99. The minimum atomic E-state index is -0.851. The van der Waals surface area contributed by atoms with Crippen molar-refractivity contribution in [3.8, 4) is 5.75 Å². The van der Waals surface area contributed by atoms with Crippen LogP contribution in [0.25, 0.3) is 0 Å². The normalized spacial score (nSPS) is 23.8. The molecule has 0 saturated heterocycles. The van der Waals surface area contributed by atoms with E-state index in [1.54, 1.807) is 11.0 Å². The second-order valence-corrected chi connectivity index (χ2v) is 7.46. The van der Waals surface area contributed by atoms with Gasteiger partial charge in [0, 0.05) is 19.1 Å². The van der Waals surface area contributed by atoms with Crippen molar-refractivity contribution in [2.75, 3.05) is 13.1 Å². The average Bonchev–Trinajstić information content (AvgIpc) is 2.93. The van der Waals surface area contributed by atoms with Crippen molar-refractivity contribution < 1.29 is 24.2 Å². The summed E-state index contributed by atoms with van der Waals surface area (Å²) >= 11 is 0. The molecular weight excluding hydrogens is 339 g/mol. The van der Waals surface area contributed by atoms with Gasteiger partial charge >= 0.3 is 5.97 Å². The summed E-state index contributed by atoms with van der Waals surface area (Å²) in [7, 11) is 0. The number of benzene rings is 1. The standard InChI is InChI=1S/C19H25FN2O4/c1-11(21-8-16(24)25)13-4-2-12(3-5-13)9-22-10-14-6-7-15(23)18(20)17(14)19(22)26/h6-7,11-13,21,23H,2-5,8-10H2,1H3,(H,24,25). The maximum absolute atomic E-state index is 14.0. The topological polar surface area (TPSA) is 89.9 Å². The molecule has 1 aliphatic carbocycles. The lowest BCUT2D eigenvalue weighted by molar-refractivity contribution is -0.136. The molecule has 6 nitrogen and oxygen atoms in total. The van der Waals surface area contributed by atoms with Crippen molar-refractivity contribution in [2.45, 2.75) is 45.2 Å². The van der Waals surface area contributed by atoms with Gasteiger partial charge < -0.3 is 20.4 Å². The Morgan fingerprint density at radius 1 is 1.35 bits per heavy atom. The van der Waals surface area contributed by atoms with Crippen molar-refractivity contribution >= 4 is 11.9 Å². The summed E-state index contributed by atoms with van der Waals surface area (Å²) < 4.78 is 14.0. The molecule has 1 aromatic rings. The molecule has 1 unspecified atom stereocenters. The van der Waals surface area contributed by atoms with E-state index in [2.05, 4.69) is 5.32 Å². The van der Waals surface area contributed by atoms with Crippen LogP contribution in [0.5, 0.6) is 5.75 Å². The Balaban J connectivity index is 1.52. The van der Waals surface area contributed by atoms with Gasteiger partial charge in [-0.15, -0.1) is 0 Å². The average molecular weight is 364 g/mol. The third-order valence-electron chi connectivity index (χ3n) is 5.72. The number of carboxylic acid groups (broad SMARTS) is 1. The van der Waals surface area contributed by atoms with Crippen LogP contribution in [0.3, 0.4) is 0 Å². The molecule has 1 saturated carbocycles. The highest BCUT2D eigenvalue weighted by Crippen LogP contribution is 2.35. The van der Waals surface area contributed by atoms with Gasteiger partial charge in [0.1, 0.15) is 0 Å². The molecule has 7 heteroatoms. The van der Waals surface area contributed by atoms with E-state index in [4.69, 9.17) is 5.11 Å². The number of fused-ring (bicyclic) bond motifs is 1. The lowest BCUT2D eigenvalue weighted by atomic mass is 9.78. The number of nitrogens with zero attached hydrogens (tertiary/aromatic N) is 1. The second-order valence-electron chi connectivity index (χ2n) is 7.46. The number of carbonyl (C=O) groups is 2. The number of hydrogen-bond donors (Lipinski definition) is 3. The van der Waals surface area contributed by atoms with E-state index in [0.29, 0.717) is 30.5 Å². The van der Waals surface area contributed by atoms with Crippen LogP contribution < -0.4 is 5.32 Å². The number of aromatic hydroxyl groups is 1. The summed E-state index contributed by atoms with van der Waals surface area (Å²) in [4.78, 5) is 24.8. The Labute approximate surface area is 152 Å². The van der Waals surface area contributed by atoms with E-state index in [0.717, 1.165) is 25.7 Å². The third-order valence-corrected chi connectivity index (χ3v) is 5.72. The number of carboxylic acids is 1. The largest absolute Gasteiger partial charge is 0.505 e. The van der Waals surface area contributed by atoms with Crippen molar-refractivity contribution in [2.24, 2.45) is 11.8 Å². The monoisotopic (exact) mass is 364 g/mol. The number of phenolic OH excluding ortho intramolecular Hbond substituents is 1. The van der Waals surface area contributed by atoms with Crippen LogP contribution in [-0.2, 0) is 11.3 Å². The summed E-state index contributed by atoms with van der Waals surface area (Å²) in [6.45, 7) is 2.98. The molecule has 1 amide bonds. The van der Waals surface area contributed by atoms with Crippen LogP contribution in [0.4, 0.5) is 4.39 Å². The minimum absolute atomic E-state index is 0.00480. The zero-order valence-electron chi connectivity index (χ0n) is 14.9. The molecule has 0 bridgehead atoms. The summed E-state index contributed by atoms with van der Waals surface area (Å²) in [5, 5.41) is 21.3. The van der Waals surface area contributed by atoms with Gasteiger partial charge in [-0.05, 0) is 56.1 Å². The fourth-order valence-electron chi connectivity index (χ4n) is 4.15. The zero-order valence-corrected chi connectivity index (χ0v) is 14.9. The van der Waals surface area contributed by atoms with Crippen LogP contribution >= 0.6 is 0 Å². The number of aliphatic carboxylic acids is 1. The first kappa shape index (κ1) is 18.6. The van der Waals surface area contributed by atoms with Crippen LogP contribution in [0.15, 0.2) is 12.1 Å². The molecule has 1 fully saturated rings. The van der Waals surface area contributed by atoms with E-state index in [-0.39, 0.29) is 24.1 Å². The predicted molar refractivity (Wildman–Crippen MR) is 93.4 cm³/mol. The predicted octanol–water partition coefficient (Wildman–Crippen LogP) is 2.36. The van der Waals surface area contributed by atoms with Gasteiger partial charge in [-0.2, -0.15) is 0 Å². The highest BCUT2D eigenvalue weighted by Gasteiger charge is 2.34. The van der Waals surface area contributed by atoms with Crippen molar-refractivity contribution in [3.05, 3.63) is 29.1 Å². The molecule has 2 aliphatic rings. The van der Waals surface area contributed by atoms with Gasteiger partial charge in [0.15, 0.2) is 11.6 Å². The number of carbonyl (C=O) groups excluding carboxylic acids is 1. The maximum atomic E-state index is 14.0. The number of rotatable bonds is 6. The Bertz CT molecular complexity index is 701. The quantitative estimate of drug-likeness (QED) is 0.721. The van der Waals surface area contributed by atoms with Gasteiger partial charge in [-0.25, -0.2) is 4.39 Å². The lowest BCUT2D eigenvalue weighted by Gasteiger charge is -2.34. The van der Waals surface area contributed by atoms with Gasteiger partial charge in [0.25, 0.3) is 5.91 Å². The molecule has 1 aliphatic heterocycles. The molecule has 1 aromatic carbocycles. The van der Waals surface area contributed by atoms with Crippen molar-refractivity contribution in [3.63, 3.8) is 0 Å². The number of nitrogens with one attached hydrogen (secondary N) is 1. The van der Waals surface area contributed by atoms with Crippen LogP contribution in [0.1, 0.15) is 48.5 Å². The Kier molecular flexibility index (Phi) is 5.46. The molecule has 142 valence electrons. The molecule has 3 rings (SSSR count). The smallest absolute Gasteiger partial charge is 0.317 e. The van der Waals surface area contributed by atoms with Crippen molar-refractivity contribution in [1.29, 1.82) is 0 Å². The molecule has 0 spiro atoms. The fourth-order valence-corrected chi connectivity index (χ4v) is 4.15. The van der Waals surface area contributed by atoms with Crippen molar-refractivity contribution in [1.82, 2.24) is 10.2 Å². The maximum Gasteiger partial charge on any atom is 0.317 e. The summed E-state index contributed by atoms with van der Waals surface area (Å²) in [5.41, 5.74) is 0.635. The van der Waals surface area contributed by atoms with Gasteiger partial charge in [0.2, 0.25) is 0 Å². The number of halogens is 1. The Morgan fingerprint density at radius 2 is 2.04 bits per heavy atom. The molecule has 0 aromatic heterocycles. The van der Waals surface area contributed by atoms with Crippen LogP contribution in [-0.4, -0.2) is 46.1 Å². The summed E-state index contributed by atoms with van der Waals surface area (Å²) in [6.07, 6.45) is 3.92. The molecule has 3 N–H and O–H groups in total. The molecule has 26 heavy (non-hydrogen) atoms. The molecule has 0 radical (unpaired) electrons. The van der Waals surface area contributed by atoms with Gasteiger partial charge in [-0.3, -0.25) is 9.59 Å². The Hall–Kier alpha value is -2.15. The van der Waals surface area contributed by atoms with E-state index < -0.39 is 17.5 Å². The summed E-state index contributed by atoms with van der Waals surface area (Å²) in [5.74, 6) is -1.69. The molecular formula is C19H25FN2O4. The highest BCUT2D eigenvalue weighted by atomic mass is 19.1. The number of hydrogen-bond acceptors (Lipinski definition) is 4. The first-order valence-corrected chi connectivity index (χ1v) is 9.11. The number of amides is 1. The fraction of sp³-hybridized carbons (Fsp3) is 0.579. The first-order chi connectivity index (χ1) is 12.4. The second kappa shape index (κ2) is 7.61. The number of phenols is 1. The van der Waals surface area contributed by atoms with Crippen LogP contribution in [0, 0.1) is 17.7 Å². The molecule has 1 atom stereocenters. The first-order valence-electron chi connectivity index (χ1n) is 9.11. The van der Waals surface area contributed by atoms with E-state index in [1.807, 2.05) is 6.92 Å². The third kappa shape index (κ3) is 3.82. The SMILES string of the molecule is CC(NCC(=O)O)C1CCC(CN2Cc3ccc(O)c(F)c3C2=O)CC1. The van der Waals surface area contributed by atoms with E-state index in [9.17, 15) is 19.1 Å². The van der Waals surface area contributed by atoms with E-state index >= 15 is 0 Å². The van der Waals surface area contributed by atoms with Crippen LogP contribution in [0.2, 0.25) is 0 Å². The minimum Gasteiger partial charge on any atom is -0.505 e. The summed E-state index contributed by atoms with van der Waals surface area (Å²) in [6, 6.07) is 3.06. The van der Waals surface area contributed by atoms with E-state index in [1.165, 1.54) is 6.07 Å².